The Bertz CT molecular complexity index is 321. The molecule has 0 heterocycles. The number of likely N-dealkylation sites (N-methyl/N-ethyl adjacent to an activating group) is 1. The van der Waals surface area contributed by atoms with Crippen molar-refractivity contribution in [2.45, 2.75) is 32.2 Å². The molecule has 0 bridgehead atoms. The molecular formula is C12H17Cl2N. The lowest BCUT2D eigenvalue weighted by Crippen LogP contribution is -2.30. The molecule has 0 aliphatic heterocycles. The molecule has 1 N–H and O–H groups in total. The van der Waals surface area contributed by atoms with Gasteiger partial charge in [-0.25, -0.2) is 0 Å². The summed E-state index contributed by atoms with van der Waals surface area (Å²) in [6.07, 6.45) is 1.07. The zero-order chi connectivity index (χ0) is 11.4. The van der Waals surface area contributed by atoms with Crippen LogP contribution >= 0.6 is 23.2 Å². The van der Waals surface area contributed by atoms with Gasteiger partial charge in [0.1, 0.15) is 0 Å². The van der Waals surface area contributed by atoms with Gasteiger partial charge in [-0.05, 0) is 43.1 Å². The minimum atomic E-state index is 0.367. The van der Waals surface area contributed by atoms with Gasteiger partial charge in [0.2, 0.25) is 0 Å². The van der Waals surface area contributed by atoms with Crippen LogP contribution in [0.15, 0.2) is 18.2 Å². The molecule has 0 spiro atoms. The molecule has 0 aliphatic carbocycles. The van der Waals surface area contributed by atoms with E-state index >= 15 is 0 Å². The van der Waals surface area contributed by atoms with Crippen molar-refractivity contribution in [1.29, 1.82) is 0 Å². The Hall–Kier alpha value is -0.240. The highest BCUT2D eigenvalue weighted by molar-refractivity contribution is 6.33. The average molecular weight is 246 g/mol. The van der Waals surface area contributed by atoms with Gasteiger partial charge in [0.05, 0.1) is 0 Å². The van der Waals surface area contributed by atoms with E-state index < -0.39 is 0 Å². The van der Waals surface area contributed by atoms with Crippen molar-refractivity contribution in [3.8, 4) is 0 Å². The lowest BCUT2D eigenvalue weighted by molar-refractivity contribution is 0.473. The summed E-state index contributed by atoms with van der Waals surface area (Å²) >= 11 is 12.1. The van der Waals surface area contributed by atoms with Crippen LogP contribution < -0.4 is 5.32 Å². The summed E-state index contributed by atoms with van der Waals surface area (Å²) in [5.41, 5.74) is 1.12. The topological polar surface area (TPSA) is 12.0 Å². The smallest absolute Gasteiger partial charge is 0.0442 e. The summed E-state index contributed by atoms with van der Waals surface area (Å²) in [5.74, 6) is 0.367. The predicted octanol–water partition coefficient (Wildman–Crippen LogP) is 4.09. The highest BCUT2D eigenvalue weighted by Gasteiger charge is 2.18. The van der Waals surface area contributed by atoms with Crippen LogP contribution in [0.25, 0.3) is 0 Å². The van der Waals surface area contributed by atoms with Crippen LogP contribution in [0.4, 0.5) is 0 Å². The van der Waals surface area contributed by atoms with E-state index in [0.717, 1.165) is 22.0 Å². The Balaban J connectivity index is 2.98. The van der Waals surface area contributed by atoms with Crippen LogP contribution in [0.3, 0.4) is 0 Å². The first-order chi connectivity index (χ1) is 7.10. The molecule has 2 unspecified atom stereocenters. The second-order valence-electron chi connectivity index (χ2n) is 3.76. The Kier molecular flexibility index (Phi) is 4.91. The Morgan fingerprint density at radius 1 is 1.33 bits per heavy atom. The van der Waals surface area contributed by atoms with Crippen LogP contribution in [0.2, 0.25) is 10.0 Å². The van der Waals surface area contributed by atoms with Crippen molar-refractivity contribution in [3.05, 3.63) is 33.8 Å². The molecule has 0 aromatic heterocycles. The van der Waals surface area contributed by atoms with Crippen LogP contribution in [-0.4, -0.2) is 13.1 Å². The molecule has 3 heteroatoms. The van der Waals surface area contributed by atoms with Crippen LogP contribution in [0.1, 0.15) is 31.7 Å². The molecule has 84 valence electrons. The van der Waals surface area contributed by atoms with Gasteiger partial charge in [-0.1, -0.05) is 37.0 Å². The zero-order valence-electron chi connectivity index (χ0n) is 9.35. The third-order valence-electron chi connectivity index (χ3n) is 2.86. The number of halogens is 2. The second-order valence-corrected chi connectivity index (χ2v) is 4.60. The van der Waals surface area contributed by atoms with Gasteiger partial charge in [0.15, 0.2) is 0 Å². The van der Waals surface area contributed by atoms with E-state index in [0.29, 0.717) is 12.0 Å². The first kappa shape index (κ1) is 12.8. The van der Waals surface area contributed by atoms with Gasteiger partial charge in [0, 0.05) is 16.1 Å². The Labute approximate surface area is 102 Å². The van der Waals surface area contributed by atoms with Crippen molar-refractivity contribution >= 4 is 23.2 Å². The van der Waals surface area contributed by atoms with Gasteiger partial charge in [-0.2, -0.15) is 0 Å². The Morgan fingerprint density at radius 3 is 2.53 bits per heavy atom. The van der Waals surface area contributed by atoms with Crippen molar-refractivity contribution < 1.29 is 0 Å². The third kappa shape index (κ3) is 3.10. The molecule has 0 fully saturated rings. The van der Waals surface area contributed by atoms with E-state index in [1.54, 1.807) is 0 Å². The zero-order valence-corrected chi connectivity index (χ0v) is 10.9. The second kappa shape index (κ2) is 5.74. The minimum Gasteiger partial charge on any atom is -0.316 e. The minimum absolute atomic E-state index is 0.367. The maximum absolute atomic E-state index is 6.16. The maximum Gasteiger partial charge on any atom is 0.0442 e. The average Bonchev–Trinajstić information content (AvgIpc) is 2.23. The molecule has 0 saturated carbocycles. The lowest BCUT2D eigenvalue weighted by Gasteiger charge is -2.23. The van der Waals surface area contributed by atoms with Gasteiger partial charge in [0.25, 0.3) is 0 Å². The first-order valence-corrected chi connectivity index (χ1v) is 5.98. The lowest BCUT2D eigenvalue weighted by atomic mass is 9.92. The largest absolute Gasteiger partial charge is 0.316 e. The molecule has 0 radical (unpaired) electrons. The van der Waals surface area contributed by atoms with Gasteiger partial charge in [-0.15, -0.1) is 0 Å². The predicted molar refractivity (Wildman–Crippen MR) is 68.0 cm³/mol. The van der Waals surface area contributed by atoms with Crippen molar-refractivity contribution in [2.75, 3.05) is 7.05 Å². The molecule has 1 aromatic rings. The normalized spacial score (nSPS) is 15.0. The first-order valence-electron chi connectivity index (χ1n) is 5.22. The number of rotatable bonds is 4. The third-order valence-corrected chi connectivity index (χ3v) is 3.44. The summed E-state index contributed by atoms with van der Waals surface area (Å²) in [4.78, 5) is 0. The molecule has 2 atom stereocenters. The summed E-state index contributed by atoms with van der Waals surface area (Å²) < 4.78 is 0. The van der Waals surface area contributed by atoms with Crippen LogP contribution in [0.5, 0.6) is 0 Å². The standard InChI is InChI=1S/C12H17Cl2N/c1-4-12(15-3)8(2)10-7-9(13)5-6-11(10)14/h5-8,12,15H,4H2,1-3H3. The monoisotopic (exact) mass is 245 g/mol. The van der Waals surface area contributed by atoms with Gasteiger partial charge in [-0.3, -0.25) is 0 Å². The molecule has 1 nitrogen and oxygen atoms in total. The molecule has 0 amide bonds. The number of nitrogens with one attached hydrogen (secondary N) is 1. The van der Waals surface area contributed by atoms with E-state index in [-0.39, 0.29) is 0 Å². The van der Waals surface area contributed by atoms with Crippen molar-refractivity contribution in [3.63, 3.8) is 0 Å². The quantitative estimate of drug-likeness (QED) is 0.843. The molecule has 1 rings (SSSR count). The molecule has 15 heavy (non-hydrogen) atoms. The number of hydrogen-bond acceptors (Lipinski definition) is 1. The van der Waals surface area contributed by atoms with Gasteiger partial charge >= 0.3 is 0 Å². The fourth-order valence-corrected chi connectivity index (χ4v) is 2.36. The summed E-state index contributed by atoms with van der Waals surface area (Å²) in [6, 6.07) is 6.06. The summed E-state index contributed by atoms with van der Waals surface area (Å²) in [6.45, 7) is 4.33. The van der Waals surface area contributed by atoms with E-state index in [1.807, 2.05) is 25.2 Å². The van der Waals surface area contributed by atoms with E-state index in [4.69, 9.17) is 23.2 Å². The van der Waals surface area contributed by atoms with E-state index in [1.165, 1.54) is 0 Å². The van der Waals surface area contributed by atoms with E-state index in [9.17, 15) is 0 Å². The highest BCUT2D eigenvalue weighted by atomic mass is 35.5. The number of hydrogen-bond donors (Lipinski definition) is 1. The fraction of sp³-hybridized carbons (Fsp3) is 0.500. The molecule has 1 aromatic carbocycles. The van der Waals surface area contributed by atoms with Gasteiger partial charge < -0.3 is 5.32 Å². The van der Waals surface area contributed by atoms with Crippen LogP contribution in [0, 0.1) is 0 Å². The summed E-state index contributed by atoms with van der Waals surface area (Å²) in [5, 5.41) is 4.83. The van der Waals surface area contributed by atoms with E-state index in [2.05, 4.69) is 19.2 Å². The molecular weight excluding hydrogens is 229 g/mol. The molecule has 0 saturated heterocycles. The summed E-state index contributed by atoms with van der Waals surface area (Å²) in [7, 11) is 1.98. The Morgan fingerprint density at radius 2 is 2.00 bits per heavy atom. The van der Waals surface area contributed by atoms with Crippen LogP contribution in [-0.2, 0) is 0 Å². The fourth-order valence-electron chi connectivity index (χ4n) is 1.89. The number of benzene rings is 1. The van der Waals surface area contributed by atoms with Crippen molar-refractivity contribution in [1.82, 2.24) is 5.32 Å². The maximum atomic E-state index is 6.16. The SMILES string of the molecule is CCC(NC)C(C)c1cc(Cl)ccc1Cl. The van der Waals surface area contributed by atoms with Crippen molar-refractivity contribution in [2.24, 2.45) is 0 Å². The molecule has 0 aliphatic rings. The highest BCUT2D eigenvalue weighted by Crippen LogP contribution is 2.30.